The van der Waals surface area contributed by atoms with Crippen molar-refractivity contribution in [3.05, 3.63) is 65.2 Å². The molecule has 0 radical (unpaired) electrons. The van der Waals surface area contributed by atoms with Crippen molar-refractivity contribution in [2.45, 2.75) is 19.4 Å². The van der Waals surface area contributed by atoms with Gasteiger partial charge in [-0.25, -0.2) is 4.79 Å². The number of aliphatic carboxylic acids is 1. The van der Waals surface area contributed by atoms with E-state index in [0.717, 1.165) is 41.2 Å². The maximum Gasteiger partial charge on any atom is 0.333 e. The largest absolute Gasteiger partial charge is 0.496 e. The van der Waals surface area contributed by atoms with Crippen LogP contribution >= 0.6 is 0 Å². The fourth-order valence-electron chi connectivity index (χ4n) is 3.32. The van der Waals surface area contributed by atoms with Gasteiger partial charge in [-0.3, -0.25) is 0 Å². The SMILES string of the molecule is COc1ccccc1COCCCOc1ccc(C2=C(C(=O)O)CNCC2)cc1. The number of methoxy groups -OCH3 is 1. The number of carbonyl (C=O) groups is 1. The molecule has 2 N–H and O–H groups in total. The summed E-state index contributed by atoms with van der Waals surface area (Å²) in [5.41, 5.74) is 3.31. The van der Waals surface area contributed by atoms with Crippen LogP contribution in [-0.2, 0) is 16.1 Å². The first-order chi connectivity index (χ1) is 14.2. The maximum absolute atomic E-state index is 11.4. The number of rotatable bonds is 10. The van der Waals surface area contributed by atoms with Crippen LogP contribution in [0.4, 0.5) is 0 Å². The van der Waals surface area contributed by atoms with Gasteiger partial charge in [0.25, 0.3) is 0 Å². The minimum Gasteiger partial charge on any atom is -0.496 e. The number of para-hydroxylation sites is 1. The Hall–Kier alpha value is -2.83. The van der Waals surface area contributed by atoms with E-state index in [9.17, 15) is 9.90 Å². The standard InChI is InChI=1S/C23H27NO5/c1-27-22-6-3-2-5-18(22)16-28-13-4-14-29-19-9-7-17(8-10-19)20-11-12-24-15-21(20)23(25)26/h2-3,5-10,24H,4,11-16H2,1H3,(H,25,26). The highest BCUT2D eigenvalue weighted by Crippen LogP contribution is 2.26. The van der Waals surface area contributed by atoms with E-state index in [4.69, 9.17) is 14.2 Å². The predicted molar refractivity (Wildman–Crippen MR) is 111 cm³/mol. The molecule has 6 heteroatoms. The van der Waals surface area contributed by atoms with E-state index in [0.29, 0.717) is 38.4 Å². The van der Waals surface area contributed by atoms with Gasteiger partial charge in [-0.1, -0.05) is 30.3 Å². The van der Waals surface area contributed by atoms with E-state index in [-0.39, 0.29) is 0 Å². The number of hydrogen-bond acceptors (Lipinski definition) is 5. The van der Waals surface area contributed by atoms with Crippen molar-refractivity contribution in [1.29, 1.82) is 0 Å². The van der Waals surface area contributed by atoms with E-state index >= 15 is 0 Å². The Morgan fingerprint density at radius 2 is 1.90 bits per heavy atom. The van der Waals surface area contributed by atoms with Crippen molar-refractivity contribution in [2.24, 2.45) is 0 Å². The second kappa shape index (κ2) is 10.6. The average Bonchev–Trinajstić information content (AvgIpc) is 2.76. The molecule has 0 saturated carbocycles. The van der Waals surface area contributed by atoms with Crippen LogP contribution in [0.2, 0.25) is 0 Å². The number of benzene rings is 2. The van der Waals surface area contributed by atoms with Crippen LogP contribution < -0.4 is 14.8 Å². The second-order valence-electron chi connectivity index (χ2n) is 6.78. The topological polar surface area (TPSA) is 77.0 Å². The molecule has 0 fully saturated rings. The lowest BCUT2D eigenvalue weighted by Crippen LogP contribution is -2.28. The van der Waals surface area contributed by atoms with Crippen molar-refractivity contribution in [2.75, 3.05) is 33.4 Å². The van der Waals surface area contributed by atoms with E-state index in [1.54, 1.807) is 7.11 Å². The molecular formula is C23H27NO5. The molecular weight excluding hydrogens is 370 g/mol. The molecule has 0 spiro atoms. The third-order valence-corrected chi connectivity index (χ3v) is 4.83. The first-order valence-corrected chi connectivity index (χ1v) is 9.78. The first-order valence-electron chi connectivity index (χ1n) is 9.78. The van der Waals surface area contributed by atoms with Gasteiger partial charge in [0.05, 0.1) is 32.5 Å². The molecule has 3 rings (SSSR count). The summed E-state index contributed by atoms with van der Waals surface area (Å²) in [6.07, 6.45) is 1.49. The first kappa shape index (κ1) is 20.9. The summed E-state index contributed by atoms with van der Waals surface area (Å²) < 4.78 is 16.8. The van der Waals surface area contributed by atoms with Gasteiger partial charge in [0.1, 0.15) is 11.5 Å². The minimum atomic E-state index is -0.861. The van der Waals surface area contributed by atoms with Gasteiger partial charge < -0.3 is 24.6 Å². The van der Waals surface area contributed by atoms with E-state index in [2.05, 4.69) is 5.32 Å². The smallest absolute Gasteiger partial charge is 0.333 e. The van der Waals surface area contributed by atoms with Crippen molar-refractivity contribution < 1.29 is 24.1 Å². The van der Waals surface area contributed by atoms with Crippen molar-refractivity contribution >= 4 is 11.5 Å². The van der Waals surface area contributed by atoms with E-state index < -0.39 is 5.97 Å². The minimum absolute atomic E-state index is 0.401. The molecule has 154 valence electrons. The van der Waals surface area contributed by atoms with Gasteiger partial charge in [0, 0.05) is 18.5 Å². The fourth-order valence-corrected chi connectivity index (χ4v) is 3.32. The highest BCUT2D eigenvalue weighted by Gasteiger charge is 2.19. The molecule has 0 saturated heterocycles. The number of ether oxygens (including phenoxy) is 3. The van der Waals surface area contributed by atoms with E-state index in [1.807, 2.05) is 48.5 Å². The van der Waals surface area contributed by atoms with Gasteiger partial charge in [-0.05, 0) is 42.3 Å². The van der Waals surface area contributed by atoms with Gasteiger partial charge in [-0.15, -0.1) is 0 Å². The maximum atomic E-state index is 11.4. The molecule has 2 aromatic rings. The van der Waals surface area contributed by atoms with Crippen LogP contribution in [0.25, 0.3) is 5.57 Å². The fraction of sp³-hybridized carbons (Fsp3) is 0.348. The molecule has 29 heavy (non-hydrogen) atoms. The number of carboxylic acid groups (broad SMARTS) is 1. The molecule has 0 aliphatic carbocycles. The Labute approximate surface area is 171 Å². The van der Waals surface area contributed by atoms with Gasteiger partial charge >= 0.3 is 5.97 Å². The Morgan fingerprint density at radius 3 is 2.66 bits per heavy atom. The second-order valence-corrected chi connectivity index (χ2v) is 6.78. The van der Waals surface area contributed by atoms with Crippen LogP contribution in [0, 0.1) is 0 Å². The molecule has 0 bridgehead atoms. The lowest BCUT2D eigenvalue weighted by atomic mass is 9.94. The molecule has 0 aromatic heterocycles. The zero-order valence-electron chi connectivity index (χ0n) is 16.6. The molecule has 0 amide bonds. The van der Waals surface area contributed by atoms with Crippen molar-refractivity contribution in [1.82, 2.24) is 5.32 Å². The summed E-state index contributed by atoms with van der Waals surface area (Å²) in [6, 6.07) is 15.4. The Bertz CT molecular complexity index is 845. The van der Waals surface area contributed by atoms with Crippen LogP contribution in [0.15, 0.2) is 54.1 Å². The van der Waals surface area contributed by atoms with E-state index in [1.165, 1.54) is 0 Å². The summed E-state index contributed by atoms with van der Waals surface area (Å²) in [6.45, 7) is 2.85. The zero-order valence-corrected chi connectivity index (χ0v) is 16.6. The van der Waals surface area contributed by atoms with Gasteiger partial charge in [-0.2, -0.15) is 0 Å². The summed E-state index contributed by atoms with van der Waals surface area (Å²) in [5, 5.41) is 12.5. The Kier molecular flexibility index (Phi) is 7.67. The lowest BCUT2D eigenvalue weighted by molar-refractivity contribution is -0.132. The predicted octanol–water partition coefficient (Wildman–Crippen LogP) is 3.51. The summed E-state index contributed by atoms with van der Waals surface area (Å²) in [7, 11) is 1.65. The van der Waals surface area contributed by atoms with Crippen molar-refractivity contribution in [3.8, 4) is 11.5 Å². The molecule has 1 aliphatic rings. The lowest BCUT2D eigenvalue weighted by Gasteiger charge is -2.19. The Balaban J connectivity index is 1.43. The van der Waals surface area contributed by atoms with Crippen LogP contribution in [0.5, 0.6) is 11.5 Å². The molecule has 2 aromatic carbocycles. The summed E-state index contributed by atoms with van der Waals surface area (Å²) >= 11 is 0. The molecule has 0 atom stereocenters. The Morgan fingerprint density at radius 1 is 1.10 bits per heavy atom. The van der Waals surface area contributed by atoms with Gasteiger partial charge in [0.15, 0.2) is 0 Å². The highest BCUT2D eigenvalue weighted by molar-refractivity contribution is 5.97. The van der Waals surface area contributed by atoms with Crippen LogP contribution in [0.3, 0.4) is 0 Å². The molecule has 1 aliphatic heterocycles. The van der Waals surface area contributed by atoms with Crippen molar-refractivity contribution in [3.63, 3.8) is 0 Å². The van der Waals surface area contributed by atoms with Crippen LogP contribution in [-0.4, -0.2) is 44.5 Å². The number of carboxylic acids is 1. The average molecular weight is 397 g/mol. The molecule has 6 nitrogen and oxygen atoms in total. The monoisotopic (exact) mass is 397 g/mol. The third-order valence-electron chi connectivity index (χ3n) is 4.83. The molecule has 0 unspecified atom stereocenters. The highest BCUT2D eigenvalue weighted by atomic mass is 16.5. The van der Waals surface area contributed by atoms with Crippen LogP contribution in [0.1, 0.15) is 24.0 Å². The summed E-state index contributed by atoms with van der Waals surface area (Å²) in [4.78, 5) is 11.4. The quantitative estimate of drug-likeness (QED) is 0.598. The number of hydrogen-bond donors (Lipinski definition) is 2. The third kappa shape index (κ3) is 5.82. The summed E-state index contributed by atoms with van der Waals surface area (Å²) in [5.74, 6) is 0.740. The zero-order chi connectivity index (χ0) is 20.5. The molecule has 1 heterocycles. The number of nitrogens with one attached hydrogen (secondary N) is 1. The normalized spacial score (nSPS) is 14.0. The van der Waals surface area contributed by atoms with Gasteiger partial charge in [0.2, 0.25) is 0 Å².